The van der Waals surface area contributed by atoms with Crippen LogP contribution in [0.5, 0.6) is 5.75 Å². The molecule has 0 saturated carbocycles. The van der Waals surface area contributed by atoms with Gasteiger partial charge < -0.3 is 10.5 Å². The van der Waals surface area contributed by atoms with Crippen LogP contribution < -0.4 is 10.5 Å². The van der Waals surface area contributed by atoms with Gasteiger partial charge in [0.25, 0.3) is 0 Å². The molecule has 2 aromatic rings. The van der Waals surface area contributed by atoms with E-state index in [-0.39, 0.29) is 23.7 Å². The highest BCUT2D eigenvalue weighted by Crippen LogP contribution is 2.26. The third kappa shape index (κ3) is 4.89. The van der Waals surface area contributed by atoms with Gasteiger partial charge in [0.2, 0.25) is 0 Å². The normalized spacial score (nSPS) is 12.3. The third-order valence-electron chi connectivity index (χ3n) is 3.09. The Labute approximate surface area is 136 Å². The molecule has 2 rings (SSSR count). The number of para-hydroxylation sites is 1. The molecular weight excluding hydrogens is 329 g/mol. The van der Waals surface area contributed by atoms with Crippen molar-refractivity contribution in [3.8, 4) is 5.75 Å². The summed E-state index contributed by atoms with van der Waals surface area (Å²) in [7, 11) is 0. The largest absolute Gasteiger partial charge is 0.573 e. The number of aliphatic imine (C=N–C) groups is 1. The minimum absolute atomic E-state index is 0.0381. The first-order chi connectivity index (χ1) is 10.8. The maximum Gasteiger partial charge on any atom is 0.573 e. The number of hydrogen-bond acceptors (Lipinski definition) is 2. The molecule has 0 aliphatic rings. The molecule has 0 aromatic heterocycles. The third-order valence-corrected chi connectivity index (χ3v) is 3.49. The summed E-state index contributed by atoms with van der Waals surface area (Å²) in [5.74, 6) is -0.104. The number of ether oxygens (including phenoxy) is 1. The van der Waals surface area contributed by atoms with Gasteiger partial charge in [-0.1, -0.05) is 41.9 Å². The van der Waals surface area contributed by atoms with E-state index < -0.39 is 6.36 Å². The molecule has 0 radical (unpaired) electrons. The lowest BCUT2D eigenvalue weighted by molar-refractivity contribution is -0.274. The second kappa shape index (κ2) is 6.91. The summed E-state index contributed by atoms with van der Waals surface area (Å²) < 4.78 is 41.1. The van der Waals surface area contributed by atoms with Crippen molar-refractivity contribution in [2.75, 3.05) is 0 Å². The molecule has 0 spiro atoms. The Bertz CT molecular complexity index is 730. The van der Waals surface area contributed by atoms with E-state index in [4.69, 9.17) is 17.3 Å². The topological polar surface area (TPSA) is 47.6 Å². The van der Waals surface area contributed by atoms with E-state index in [1.807, 2.05) is 6.92 Å². The smallest absolute Gasteiger partial charge is 0.405 e. The molecule has 0 saturated heterocycles. The van der Waals surface area contributed by atoms with E-state index in [2.05, 4.69) is 9.73 Å². The lowest BCUT2D eigenvalue weighted by Crippen LogP contribution is -2.18. The van der Waals surface area contributed by atoms with Crippen molar-refractivity contribution in [2.24, 2.45) is 10.7 Å². The molecule has 23 heavy (non-hydrogen) atoms. The number of nitrogens with two attached hydrogens (primary N) is 1. The molecule has 2 aromatic carbocycles. The molecule has 122 valence electrons. The predicted octanol–water partition coefficient (Wildman–Crippen LogP) is 4.45. The number of benzene rings is 2. The van der Waals surface area contributed by atoms with Gasteiger partial charge in [-0.05, 0) is 24.6 Å². The first-order valence-electron chi connectivity index (χ1n) is 6.66. The van der Waals surface area contributed by atoms with Gasteiger partial charge in [0.15, 0.2) is 0 Å². The Kier molecular flexibility index (Phi) is 5.15. The number of nitrogens with zero attached hydrogens (tertiary/aromatic N) is 1. The number of rotatable bonds is 4. The average molecular weight is 343 g/mol. The van der Waals surface area contributed by atoms with E-state index in [0.717, 1.165) is 5.56 Å². The molecular formula is C16H14ClF3N2O. The molecule has 3 nitrogen and oxygen atoms in total. The van der Waals surface area contributed by atoms with Gasteiger partial charge in [-0.25, -0.2) is 0 Å². The second-order valence-electron chi connectivity index (χ2n) is 4.82. The van der Waals surface area contributed by atoms with Gasteiger partial charge >= 0.3 is 6.36 Å². The van der Waals surface area contributed by atoms with Crippen LogP contribution in [0.1, 0.15) is 16.7 Å². The highest BCUT2D eigenvalue weighted by molar-refractivity contribution is 6.31. The number of hydrogen-bond donors (Lipinski definition) is 1. The summed E-state index contributed by atoms with van der Waals surface area (Å²) in [6.07, 6.45) is -4.75. The number of alkyl halides is 3. The summed E-state index contributed by atoms with van der Waals surface area (Å²) in [4.78, 5) is 4.11. The number of aryl methyl sites for hydroxylation is 1. The second-order valence-corrected chi connectivity index (χ2v) is 5.23. The van der Waals surface area contributed by atoms with Gasteiger partial charge in [-0.2, -0.15) is 0 Å². The summed E-state index contributed by atoms with van der Waals surface area (Å²) in [6, 6.07) is 11.0. The predicted molar refractivity (Wildman–Crippen MR) is 83.7 cm³/mol. The van der Waals surface area contributed by atoms with Crippen molar-refractivity contribution in [3.05, 3.63) is 64.2 Å². The Balaban J connectivity index is 2.20. The molecule has 2 N–H and O–H groups in total. The molecule has 7 heteroatoms. The van der Waals surface area contributed by atoms with Crippen LogP contribution in [-0.2, 0) is 6.54 Å². The van der Waals surface area contributed by atoms with Gasteiger partial charge in [0, 0.05) is 16.1 Å². The van der Waals surface area contributed by atoms with Crippen LogP contribution in [0.3, 0.4) is 0 Å². The van der Waals surface area contributed by atoms with Crippen LogP contribution in [0.15, 0.2) is 47.5 Å². The molecule has 0 bridgehead atoms. The first kappa shape index (κ1) is 17.1. The highest BCUT2D eigenvalue weighted by Gasteiger charge is 2.31. The fourth-order valence-corrected chi connectivity index (χ4v) is 2.05. The fourth-order valence-electron chi connectivity index (χ4n) is 1.87. The van der Waals surface area contributed by atoms with Crippen molar-refractivity contribution >= 4 is 17.4 Å². The molecule has 0 aliphatic carbocycles. The summed E-state index contributed by atoms with van der Waals surface area (Å²) in [5.41, 5.74) is 7.65. The molecule has 0 aliphatic heterocycles. The number of amidine groups is 1. The van der Waals surface area contributed by atoms with E-state index >= 15 is 0 Å². The Morgan fingerprint density at radius 1 is 1.22 bits per heavy atom. The van der Waals surface area contributed by atoms with Crippen molar-refractivity contribution in [1.29, 1.82) is 0 Å². The van der Waals surface area contributed by atoms with Crippen molar-refractivity contribution < 1.29 is 17.9 Å². The van der Waals surface area contributed by atoms with Gasteiger partial charge in [-0.3, -0.25) is 4.99 Å². The fraction of sp³-hybridized carbons (Fsp3) is 0.188. The SMILES string of the molecule is Cc1ccc(C(N)=NCc2ccccc2OC(F)(F)F)cc1Cl. The van der Waals surface area contributed by atoms with E-state index in [9.17, 15) is 13.2 Å². The lowest BCUT2D eigenvalue weighted by Gasteiger charge is -2.12. The van der Waals surface area contributed by atoms with Gasteiger partial charge in [0.1, 0.15) is 11.6 Å². The van der Waals surface area contributed by atoms with E-state index in [1.54, 1.807) is 24.3 Å². The average Bonchev–Trinajstić information content (AvgIpc) is 2.47. The standard InChI is InChI=1S/C16H14ClF3N2O/c1-10-6-7-11(8-13(10)17)15(21)22-9-12-4-2-3-5-14(12)23-16(18,19)20/h2-8H,9H2,1H3,(H2,21,22). The van der Waals surface area contributed by atoms with Crippen LogP contribution in [-0.4, -0.2) is 12.2 Å². The molecule has 0 atom stereocenters. The summed E-state index contributed by atoms with van der Waals surface area (Å²) in [6.45, 7) is 1.81. The Morgan fingerprint density at radius 3 is 2.57 bits per heavy atom. The molecule has 0 unspecified atom stereocenters. The van der Waals surface area contributed by atoms with Crippen LogP contribution in [0, 0.1) is 6.92 Å². The minimum Gasteiger partial charge on any atom is -0.405 e. The van der Waals surface area contributed by atoms with Crippen LogP contribution in [0.2, 0.25) is 5.02 Å². The zero-order valence-corrected chi connectivity index (χ0v) is 12.9. The minimum atomic E-state index is -4.75. The van der Waals surface area contributed by atoms with Crippen molar-refractivity contribution in [2.45, 2.75) is 19.8 Å². The van der Waals surface area contributed by atoms with Gasteiger partial charge in [-0.15, -0.1) is 13.2 Å². The molecule has 0 heterocycles. The zero-order valence-electron chi connectivity index (χ0n) is 12.2. The maximum absolute atomic E-state index is 12.4. The molecule has 0 amide bonds. The van der Waals surface area contributed by atoms with Crippen molar-refractivity contribution in [1.82, 2.24) is 0 Å². The highest BCUT2D eigenvalue weighted by atomic mass is 35.5. The van der Waals surface area contributed by atoms with Crippen LogP contribution >= 0.6 is 11.6 Å². The quantitative estimate of drug-likeness (QED) is 0.659. The summed E-state index contributed by atoms with van der Waals surface area (Å²) >= 11 is 6.02. The lowest BCUT2D eigenvalue weighted by atomic mass is 10.1. The Hall–Kier alpha value is -2.21. The molecule has 0 fully saturated rings. The Morgan fingerprint density at radius 2 is 1.91 bits per heavy atom. The van der Waals surface area contributed by atoms with Crippen LogP contribution in [0.25, 0.3) is 0 Å². The monoisotopic (exact) mass is 342 g/mol. The zero-order chi connectivity index (χ0) is 17.0. The maximum atomic E-state index is 12.4. The van der Waals surface area contributed by atoms with Crippen LogP contribution in [0.4, 0.5) is 13.2 Å². The number of halogens is 4. The van der Waals surface area contributed by atoms with E-state index in [1.165, 1.54) is 18.2 Å². The van der Waals surface area contributed by atoms with Crippen molar-refractivity contribution in [3.63, 3.8) is 0 Å². The summed E-state index contributed by atoms with van der Waals surface area (Å²) in [5, 5.41) is 0.543. The first-order valence-corrected chi connectivity index (χ1v) is 7.04. The van der Waals surface area contributed by atoms with E-state index in [0.29, 0.717) is 10.6 Å². The van der Waals surface area contributed by atoms with Gasteiger partial charge in [0.05, 0.1) is 6.54 Å².